The molecule has 1 heterocycles. The monoisotopic (exact) mass is 300 g/mol. The van der Waals surface area contributed by atoms with E-state index >= 15 is 0 Å². The summed E-state index contributed by atoms with van der Waals surface area (Å²) in [6.07, 6.45) is 3.81. The number of nitrogens with zero attached hydrogens (tertiary/aromatic N) is 2. The summed E-state index contributed by atoms with van der Waals surface area (Å²) in [6, 6.07) is 0. The summed E-state index contributed by atoms with van der Waals surface area (Å²) in [6.45, 7) is 6.56. The Morgan fingerprint density at radius 3 is 2.14 bits per heavy atom. The zero-order valence-electron chi connectivity index (χ0n) is 13.1. The summed E-state index contributed by atoms with van der Waals surface area (Å²) >= 11 is 0. The Morgan fingerprint density at radius 1 is 1.19 bits per heavy atom. The van der Waals surface area contributed by atoms with E-state index in [1.807, 2.05) is 9.80 Å². The first-order valence-electron chi connectivity index (χ1n) is 7.94. The molecule has 2 unspecified atom stereocenters. The lowest BCUT2D eigenvalue weighted by Crippen LogP contribution is -2.53. The molecule has 2 N–H and O–H groups in total. The number of hydrogen-bond acceptors (Lipinski definition) is 4. The van der Waals surface area contributed by atoms with Gasteiger partial charge in [0.1, 0.15) is 0 Å². The maximum atomic E-state index is 11.7. The number of carbonyl (C=O) groups is 2. The molecule has 0 aromatic rings. The van der Waals surface area contributed by atoms with E-state index in [9.17, 15) is 14.7 Å². The van der Waals surface area contributed by atoms with Crippen LogP contribution in [-0.4, -0.2) is 64.3 Å². The number of likely N-dealkylation sites (tertiary alicyclic amines) is 1. The molecule has 1 aliphatic rings. The van der Waals surface area contributed by atoms with Gasteiger partial charge in [0.15, 0.2) is 6.17 Å². The number of hydrogen-bond donors (Lipinski definition) is 2. The van der Waals surface area contributed by atoms with Gasteiger partial charge in [0, 0.05) is 26.2 Å². The molecule has 0 amide bonds. The van der Waals surface area contributed by atoms with Crippen LogP contribution in [0.1, 0.15) is 46.0 Å². The van der Waals surface area contributed by atoms with Crippen LogP contribution in [0.3, 0.4) is 0 Å². The molecule has 2 atom stereocenters. The van der Waals surface area contributed by atoms with Crippen molar-refractivity contribution in [1.29, 1.82) is 0 Å². The standard InChI is InChI=1S/C15H28N2O4/c1-3-5-8-16(9-6-4-2)13(15(20)21)17-10-7-12(11-17)14(18)19/h12-13H,3-11H2,1-2H3,(H,18,19)(H,20,21). The fourth-order valence-corrected chi connectivity index (χ4v) is 2.83. The zero-order chi connectivity index (χ0) is 15.8. The van der Waals surface area contributed by atoms with Crippen LogP contribution in [-0.2, 0) is 9.59 Å². The van der Waals surface area contributed by atoms with Crippen LogP contribution < -0.4 is 0 Å². The molecule has 0 saturated carbocycles. The summed E-state index contributed by atoms with van der Waals surface area (Å²) in [7, 11) is 0. The predicted octanol–water partition coefficient (Wildman–Crippen LogP) is 1.71. The summed E-state index contributed by atoms with van der Waals surface area (Å²) in [5.41, 5.74) is 0. The van der Waals surface area contributed by atoms with Gasteiger partial charge >= 0.3 is 11.9 Å². The van der Waals surface area contributed by atoms with Gasteiger partial charge in [-0.1, -0.05) is 26.7 Å². The van der Waals surface area contributed by atoms with Gasteiger partial charge in [-0.05, 0) is 19.3 Å². The predicted molar refractivity (Wildman–Crippen MR) is 80.1 cm³/mol. The third-order valence-electron chi connectivity index (χ3n) is 4.08. The largest absolute Gasteiger partial charge is 0.481 e. The van der Waals surface area contributed by atoms with Crippen LogP contribution in [0, 0.1) is 5.92 Å². The molecular formula is C15H28N2O4. The molecule has 0 aliphatic carbocycles. The van der Waals surface area contributed by atoms with Crippen molar-refractivity contribution in [1.82, 2.24) is 9.80 Å². The first-order chi connectivity index (χ1) is 10.0. The smallest absolute Gasteiger partial charge is 0.336 e. The first kappa shape index (κ1) is 17.9. The molecule has 1 saturated heterocycles. The summed E-state index contributed by atoms with van der Waals surface area (Å²) in [4.78, 5) is 26.6. The van der Waals surface area contributed by atoms with Crippen molar-refractivity contribution in [2.75, 3.05) is 26.2 Å². The van der Waals surface area contributed by atoms with Crippen molar-refractivity contribution in [3.63, 3.8) is 0 Å². The molecule has 0 aromatic heterocycles. The first-order valence-corrected chi connectivity index (χ1v) is 7.94. The SMILES string of the molecule is CCCCN(CCCC)C(C(=O)O)N1CCC(C(=O)O)C1. The van der Waals surface area contributed by atoms with Gasteiger partial charge < -0.3 is 10.2 Å². The van der Waals surface area contributed by atoms with Gasteiger partial charge in [0.25, 0.3) is 0 Å². The quantitative estimate of drug-likeness (QED) is 0.639. The molecule has 0 radical (unpaired) electrons. The van der Waals surface area contributed by atoms with Gasteiger partial charge in [-0.25, -0.2) is 4.79 Å². The summed E-state index contributed by atoms with van der Waals surface area (Å²) in [5.74, 6) is -2.13. The molecule has 122 valence electrons. The lowest BCUT2D eigenvalue weighted by molar-refractivity contribution is -0.152. The number of carboxylic acid groups (broad SMARTS) is 2. The highest BCUT2D eigenvalue weighted by Crippen LogP contribution is 2.21. The van der Waals surface area contributed by atoms with Crippen molar-refractivity contribution >= 4 is 11.9 Å². The topological polar surface area (TPSA) is 81.1 Å². The van der Waals surface area contributed by atoms with Crippen LogP contribution in [0.25, 0.3) is 0 Å². The van der Waals surface area contributed by atoms with Crippen LogP contribution in [0.4, 0.5) is 0 Å². The summed E-state index contributed by atoms with van der Waals surface area (Å²) < 4.78 is 0. The highest BCUT2D eigenvalue weighted by molar-refractivity contribution is 5.74. The molecular weight excluding hydrogens is 272 g/mol. The fraction of sp³-hybridized carbons (Fsp3) is 0.867. The second-order valence-electron chi connectivity index (χ2n) is 5.77. The lowest BCUT2D eigenvalue weighted by Gasteiger charge is -2.34. The van der Waals surface area contributed by atoms with Crippen molar-refractivity contribution in [3.8, 4) is 0 Å². The Bertz CT molecular complexity index is 341. The van der Waals surface area contributed by atoms with Crippen molar-refractivity contribution in [2.45, 2.75) is 52.1 Å². The Kier molecular flexibility index (Phi) is 7.67. The van der Waals surface area contributed by atoms with E-state index < -0.39 is 24.0 Å². The van der Waals surface area contributed by atoms with E-state index in [1.165, 1.54) is 0 Å². The lowest BCUT2D eigenvalue weighted by atomic mass is 10.1. The molecule has 1 fully saturated rings. The minimum atomic E-state index is -0.867. The summed E-state index contributed by atoms with van der Waals surface area (Å²) in [5, 5.41) is 18.7. The van der Waals surface area contributed by atoms with Crippen LogP contribution in [0.2, 0.25) is 0 Å². The van der Waals surface area contributed by atoms with Crippen molar-refractivity contribution in [2.24, 2.45) is 5.92 Å². The highest BCUT2D eigenvalue weighted by atomic mass is 16.4. The Labute approximate surface area is 126 Å². The third kappa shape index (κ3) is 5.28. The van der Waals surface area contributed by atoms with Crippen molar-refractivity contribution in [3.05, 3.63) is 0 Å². The van der Waals surface area contributed by atoms with E-state index in [1.54, 1.807) is 0 Å². The van der Waals surface area contributed by atoms with Gasteiger partial charge in [-0.15, -0.1) is 0 Å². The Morgan fingerprint density at radius 2 is 1.76 bits per heavy atom. The van der Waals surface area contributed by atoms with Gasteiger partial charge in [0.2, 0.25) is 0 Å². The molecule has 1 rings (SSSR count). The zero-order valence-corrected chi connectivity index (χ0v) is 13.1. The minimum absolute atomic E-state index is 0.334. The van der Waals surface area contributed by atoms with Crippen LogP contribution in [0.15, 0.2) is 0 Å². The average Bonchev–Trinajstić information content (AvgIpc) is 2.90. The van der Waals surface area contributed by atoms with E-state index in [0.29, 0.717) is 19.5 Å². The molecule has 0 aromatic carbocycles. The van der Waals surface area contributed by atoms with Gasteiger partial charge in [-0.2, -0.15) is 0 Å². The van der Waals surface area contributed by atoms with Gasteiger partial charge in [0.05, 0.1) is 5.92 Å². The fourth-order valence-electron chi connectivity index (χ4n) is 2.83. The van der Waals surface area contributed by atoms with Crippen LogP contribution in [0.5, 0.6) is 0 Å². The maximum Gasteiger partial charge on any atom is 0.336 e. The van der Waals surface area contributed by atoms with E-state index in [-0.39, 0.29) is 0 Å². The van der Waals surface area contributed by atoms with E-state index in [2.05, 4.69) is 13.8 Å². The van der Waals surface area contributed by atoms with Gasteiger partial charge in [-0.3, -0.25) is 14.6 Å². The number of aliphatic carboxylic acids is 2. The number of unbranched alkanes of at least 4 members (excludes halogenated alkanes) is 2. The Hall–Kier alpha value is -1.14. The average molecular weight is 300 g/mol. The number of carboxylic acids is 2. The number of rotatable bonds is 10. The molecule has 1 aliphatic heterocycles. The normalized spacial score (nSPS) is 20.8. The second kappa shape index (κ2) is 9.00. The van der Waals surface area contributed by atoms with E-state index in [4.69, 9.17) is 5.11 Å². The van der Waals surface area contributed by atoms with Crippen molar-refractivity contribution < 1.29 is 19.8 Å². The molecule has 6 heteroatoms. The molecule has 6 nitrogen and oxygen atoms in total. The minimum Gasteiger partial charge on any atom is -0.481 e. The highest BCUT2D eigenvalue weighted by Gasteiger charge is 2.38. The molecule has 0 bridgehead atoms. The Balaban J connectivity index is 2.76. The molecule has 0 spiro atoms. The second-order valence-corrected chi connectivity index (χ2v) is 5.77. The van der Waals surface area contributed by atoms with Crippen LogP contribution >= 0.6 is 0 Å². The maximum absolute atomic E-state index is 11.7. The molecule has 21 heavy (non-hydrogen) atoms. The van der Waals surface area contributed by atoms with E-state index in [0.717, 1.165) is 38.8 Å². The third-order valence-corrected chi connectivity index (χ3v) is 4.08.